The summed E-state index contributed by atoms with van der Waals surface area (Å²) in [6.07, 6.45) is -0.711. The van der Waals surface area contributed by atoms with Crippen molar-refractivity contribution in [2.75, 3.05) is 5.32 Å². The molecule has 3 heterocycles. The van der Waals surface area contributed by atoms with Crippen LogP contribution in [0.5, 0.6) is 5.75 Å². The number of thiazole rings is 1. The van der Waals surface area contributed by atoms with E-state index in [0.717, 1.165) is 5.56 Å². The van der Waals surface area contributed by atoms with Gasteiger partial charge in [0, 0.05) is 18.8 Å². The number of nitrogens with one attached hydrogen (secondary N) is 1. The average Bonchev–Trinajstić information content (AvgIpc) is 3.28. The van der Waals surface area contributed by atoms with Crippen LogP contribution < -0.4 is 10.1 Å². The molecule has 0 saturated carbocycles. The van der Waals surface area contributed by atoms with Crippen molar-refractivity contribution >= 4 is 28.2 Å². The lowest BCUT2D eigenvalue weighted by Gasteiger charge is -2.24. The number of amides is 1. The number of carbonyl (C=O) groups is 2. The highest BCUT2D eigenvalue weighted by molar-refractivity contribution is 7.19. The van der Waals surface area contributed by atoms with E-state index in [2.05, 4.69) is 15.0 Å². The Kier molecular flexibility index (Phi) is 5.10. The van der Waals surface area contributed by atoms with Gasteiger partial charge in [-0.1, -0.05) is 11.3 Å². The fourth-order valence-electron chi connectivity index (χ4n) is 3.37. The molecule has 6 nitrogen and oxygen atoms in total. The van der Waals surface area contributed by atoms with Crippen molar-refractivity contribution in [1.29, 1.82) is 0 Å². The van der Waals surface area contributed by atoms with Gasteiger partial charge in [0.25, 0.3) is 0 Å². The van der Waals surface area contributed by atoms with Crippen LogP contribution in [0.25, 0.3) is 10.4 Å². The van der Waals surface area contributed by atoms with E-state index in [-0.39, 0.29) is 17.4 Å². The third-order valence-electron chi connectivity index (χ3n) is 4.66. The largest absolute Gasteiger partial charge is 0.573 e. The van der Waals surface area contributed by atoms with Gasteiger partial charge in [-0.25, -0.2) is 4.98 Å². The molecule has 30 heavy (non-hydrogen) atoms. The normalized spacial score (nSPS) is 16.3. The summed E-state index contributed by atoms with van der Waals surface area (Å²) in [4.78, 5) is 29.7. The molecule has 1 unspecified atom stereocenters. The summed E-state index contributed by atoms with van der Waals surface area (Å²) >= 11 is 1.20. The molecule has 1 N–H and O–H groups in total. The molecule has 2 aromatic heterocycles. The fraction of sp³-hybridized carbons (Fsp3) is 0.250. The predicted molar refractivity (Wildman–Crippen MR) is 105 cm³/mol. The van der Waals surface area contributed by atoms with Gasteiger partial charge in [-0.2, -0.15) is 0 Å². The van der Waals surface area contributed by atoms with Gasteiger partial charge in [0.05, 0.1) is 10.6 Å². The summed E-state index contributed by atoms with van der Waals surface area (Å²) in [5.74, 6) is -0.565. The second-order valence-corrected chi connectivity index (χ2v) is 7.91. The van der Waals surface area contributed by atoms with E-state index in [4.69, 9.17) is 0 Å². The number of hydrogen-bond donors (Lipinski definition) is 1. The van der Waals surface area contributed by atoms with E-state index in [1.807, 2.05) is 6.92 Å². The van der Waals surface area contributed by atoms with Crippen LogP contribution in [0, 0.1) is 6.92 Å². The first kappa shape index (κ1) is 20.1. The molecule has 1 aliphatic heterocycles. The molecule has 0 fully saturated rings. The summed E-state index contributed by atoms with van der Waals surface area (Å²) in [6, 6.07) is 6.68. The predicted octanol–water partition coefficient (Wildman–Crippen LogP) is 4.97. The Bertz CT molecular complexity index is 1100. The van der Waals surface area contributed by atoms with Crippen LogP contribution in [0.4, 0.5) is 18.3 Å². The molecule has 0 saturated heterocycles. The van der Waals surface area contributed by atoms with Crippen molar-refractivity contribution in [2.24, 2.45) is 0 Å². The monoisotopic (exact) mass is 435 g/mol. The Morgan fingerprint density at radius 3 is 2.73 bits per heavy atom. The lowest BCUT2D eigenvalue weighted by Crippen LogP contribution is -2.31. The first-order valence-electron chi connectivity index (χ1n) is 9.04. The Labute approximate surface area is 173 Å². The Balaban J connectivity index is 1.47. The SMILES string of the molecule is Cc1cc2n(c1)C(C(=O)Nc1ncc(-c3ccc(OC(F)(F)F)cc3)s1)CCC2=O. The van der Waals surface area contributed by atoms with Crippen LogP contribution >= 0.6 is 11.3 Å². The van der Waals surface area contributed by atoms with Crippen molar-refractivity contribution in [1.82, 2.24) is 9.55 Å². The van der Waals surface area contributed by atoms with Crippen LogP contribution in [0.15, 0.2) is 42.7 Å². The molecule has 0 radical (unpaired) electrons. The zero-order chi connectivity index (χ0) is 21.5. The van der Waals surface area contributed by atoms with Gasteiger partial charge in [-0.05, 0) is 54.8 Å². The van der Waals surface area contributed by atoms with Gasteiger partial charge in [0.1, 0.15) is 11.8 Å². The third-order valence-corrected chi connectivity index (χ3v) is 5.62. The van der Waals surface area contributed by atoms with E-state index >= 15 is 0 Å². The number of Topliss-reactive ketones (excluding diaryl/α,β-unsaturated/α-hetero) is 1. The molecule has 1 amide bonds. The first-order valence-corrected chi connectivity index (χ1v) is 9.86. The summed E-state index contributed by atoms with van der Waals surface area (Å²) in [7, 11) is 0. The molecule has 0 spiro atoms. The van der Waals surface area contributed by atoms with Crippen molar-refractivity contribution in [3.05, 3.63) is 54.0 Å². The minimum atomic E-state index is -4.74. The average molecular weight is 435 g/mol. The van der Waals surface area contributed by atoms with Gasteiger partial charge >= 0.3 is 6.36 Å². The summed E-state index contributed by atoms with van der Waals surface area (Å²) in [6.45, 7) is 1.87. The van der Waals surface area contributed by atoms with Crippen molar-refractivity contribution in [3.8, 4) is 16.2 Å². The first-order chi connectivity index (χ1) is 14.2. The van der Waals surface area contributed by atoms with E-state index in [9.17, 15) is 22.8 Å². The minimum Gasteiger partial charge on any atom is -0.406 e. The molecular weight excluding hydrogens is 419 g/mol. The molecule has 1 atom stereocenters. The van der Waals surface area contributed by atoms with Gasteiger partial charge in [0.2, 0.25) is 5.91 Å². The lowest BCUT2D eigenvalue weighted by molar-refractivity contribution is -0.274. The molecule has 3 aromatic rings. The van der Waals surface area contributed by atoms with Crippen LogP contribution in [0.2, 0.25) is 0 Å². The highest BCUT2D eigenvalue weighted by atomic mass is 32.1. The summed E-state index contributed by atoms with van der Waals surface area (Å²) in [5.41, 5.74) is 2.08. The molecule has 0 bridgehead atoms. The smallest absolute Gasteiger partial charge is 0.406 e. The van der Waals surface area contributed by atoms with Crippen LogP contribution in [0.1, 0.15) is 34.9 Å². The number of carbonyl (C=O) groups excluding carboxylic acids is 2. The molecule has 4 rings (SSSR count). The lowest BCUT2D eigenvalue weighted by atomic mass is 10.0. The maximum Gasteiger partial charge on any atom is 0.573 e. The van der Waals surface area contributed by atoms with Crippen LogP contribution in [-0.2, 0) is 4.79 Å². The van der Waals surface area contributed by atoms with E-state index in [0.29, 0.717) is 34.1 Å². The second-order valence-electron chi connectivity index (χ2n) is 6.88. The Morgan fingerprint density at radius 1 is 1.30 bits per heavy atom. The zero-order valence-corrected chi connectivity index (χ0v) is 16.5. The number of alkyl halides is 3. The van der Waals surface area contributed by atoms with Gasteiger partial charge in [-0.3, -0.25) is 9.59 Å². The van der Waals surface area contributed by atoms with Gasteiger partial charge in [-0.15, -0.1) is 13.2 Å². The fourth-order valence-corrected chi connectivity index (χ4v) is 4.19. The molecule has 0 aliphatic carbocycles. The maximum absolute atomic E-state index is 12.8. The third kappa shape index (κ3) is 4.23. The number of halogens is 3. The number of anilines is 1. The minimum absolute atomic E-state index is 0.0154. The van der Waals surface area contributed by atoms with Crippen LogP contribution in [-0.4, -0.2) is 27.6 Å². The number of nitrogens with zero attached hydrogens (tertiary/aromatic N) is 2. The number of ketones is 1. The number of fused-ring (bicyclic) bond motifs is 1. The number of ether oxygens (including phenoxy) is 1. The van der Waals surface area contributed by atoms with E-state index in [1.165, 1.54) is 41.8 Å². The van der Waals surface area contributed by atoms with Gasteiger partial charge < -0.3 is 14.6 Å². The Morgan fingerprint density at radius 2 is 2.03 bits per heavy atom. The number of hydrogen-bond acceptors (Lipinski definition) is 5. The molecular formula is C20H16F3N3O3S. The quantitative estimate of drug-likeness (QED) is 0.628. The standard InChI is InChI=1S/C20H16F3N3O3S/c1-11-8-15-16(27)7-6-14(26(15)10-11)18(28)25-19-24-9-17(30-19)12-2-4-13(5-3-12)29-20(21,22)23/h2-5,8-10,14H,6-7H2,1H3,(H,24,25,28). The molecule has 1 aromatic carbocycles. The Hall–Kier alpha value is -3.14. The molecule has 10 heteroatoms. The van der Waals surface area contributed by atoms with Gasteiger partial charge in [0.15, 0.2) is 10.9 Å². The molecule has 156 valence electrons. The highest BCUT2D eigenvalue weighted by Gasteiger charge is 2.31. The number of benzene rings is 1. The highest BCUT2D eigenvalue weighted by Crippen LogP contribution is 2.33. The molecule has 1 aliphatic rings. The van der Waals surface area contributed by atoms with Crippen molar-refractivity contribution < 1.29 is 27.5 Å². The maximum atomic E-state index is 12.8. The number of aryl methyl sites for hydroxylation is 1. The zero-order valence-electron chi connectivity index (χ0n) is 15.7. The van der Waals surface area contributed by atoms with E-state index < -0.39 is 12.4 Å². The topological polar surface area (TPSA) is 73.2 Å². The van der Waals surface area contributed by atoms with Crippen molar-refractivity contribution in [3.63, 3.8) is 0 Å². The van der Waals surface area contributed by atoms with E-state index in [1.54, 1.807) is 16.8 Å². The summed E-state index contributed by atoms with van der Waals surface area (Å²) < 4.78 is 42.4. The van der Waals surface area contributed by atoms with Crippen LogP contribution in [0.3, 0.4) is 0 Å². The van der Waals surface area contributed by atoms with Crippen molar-refractivity contribution in [2.45, 2.75) is 32.2 Å². The summed E-state index contributed by atoms with van der Waals surface area (Å²) in [5, 5.41) is 3.14. The second kappa shape index (κ2) is 7.60. The number of aromatic nitrogens is 2. The number of rotatable bonds is 4.